The van der Waals surface area contributed by atoms with Gasteiger partial charge >= 0.3 is 0 Å². The molecule has 284 valence electrons. The molecule has 1 unspecified atom stereocenters. The van der Waals surface area contributed by atoms with Crippen molar-refractivity contribution in [2.24, 2.45) is 0 Å². The van der Waals surface area contributed by atoms with Crippen LogP contribution in [0.2, 0.25) is 0 Å². The van der Waals surface area contributed by atoms with Crippen molar-refractivity contribution in [3.05, 3.63) is 253 Å². The SMILES string of the molecule is c1ccc(-c2ccccc2-c2ccccc2N(c2ccc3c(c2)C2(c4ccccc4-3)c3ccccc3-n3c4ccccc4c4cccc2c43)c2ccc3ccccc3c2)cc1. The third-order valence-electron chi connectivity index (χ3n) is 13.4. The monoisotopic (exact) mass is 774 g/mol. The summed E-state index contributed by atoms with van der Waals surface area (Å²) in [4.78, 5) is 2.49. The van der Waals surface area contributed by atoms with E-state index in [0.717, 1.165) is 17.1 Å². The number of para-hydroxylation sites is 4. The molecule has 2 aliphatic rings. The van der Waals surface area contributed by atoms with E-state index in [4.69, 9.17) is 0 Å². The Bertz CT molecular complexity index is 3560. The van der Waals surface area contributed by atoms with Gasteiger partial charge in [-0.2, -0.15) is 0 Å². The number of fused-ring (bicyclic) bond motifs is 13. The standard InChI is InChI=1S/C59H38N2/c1-2-18-40(19-3-1)44-21-6-7-22-45(44)48-24-9-13-30-55(48)60(42-34-33-39-17-4-5-20-41(39)37-42)43-35-36-47-46-23-8-11-27-51(46)59(54(47)38-43)52-28-12-15-32-57(52)61-56-31-14-10-25-49(56)50-26-16-29-53(59)58(50)61/h1-38H. The minimum Gasteiger partial charge on any atom is -0.310 e. The van der Waals surface area contributed by atoms with E-state index in [1.54, 1.807) is 0 Å². The molecule has 0 N–H and O–H groups in total. The topological polar surface area (TPSA) is 8.17 Å². The number of rotatable bonds is 5. The molecule has 0 radical (unpaired) electrons. The van der Waals surface area contributed by atoms with Crippen LogP contribution in [0.15, 0.2) is 231 Å². The Morgan fingerprint density at radius 2 is 0.951 bits per heavy atom. The zero-order chi connectivity index (χ0) is 40.1. The Balaban J connectivity index is 1.12. The van der Waals surface area contributed by atoms with E-state index in [-0.39, 0.29) is 0 Å². The second-order valence-electron chi connectivity index (χ2n) is 16.4. The van der Waals surface area contributed by atoms with Gasteiger partial charge in [0.15, 0.2) is 0 Å². The highest BCUT2D eigenvalue weighted by Crippen LogP contribution is 2.62. The quantitative estimate of drug-likeness (QED) is 0.169. The van der Waals surface area contributed by atoms with Crippen LogP contribution in [0.25, 0.3) is 71.6 Å². The first kappa shape index (κ1) is 34.0. The largest absolute Gasteiger partial charge is 0.310 e. The molecular weight excluding hydrogens is 737 g/mol. The van der Waals surface area contributed by atoms with Gasteiger partial charge in [0.2, 0.25) is 0 Å². The van der Waals surface area contributed by atoms with E-state index in [9.17, 15) is 0 Å². The molecule has 1 aromatic heterocycles. The van der Waals surface area contributed by atoms with Gasteiger partial charge in [0.1, 0.15) is 0 Å². The van der Waals surface area contributed by atoms with E-state index in [1.165, 1.54) is 93.9 Å². The van der Waals surface area contributed by atoms with E-state index in [1.807, 2.05) is 0 Å². The van der Waals surface area contributed by atoms with Gasteiger partial charge in [-0.15, -0.1) is 0 Å². The molecule has 2 heteroatoms. The Morgan fingerprint density at radius 3 is 1.84 bits per heavy atom. The maximum Gasteiger partial charge on any atom is 0.0755 e. The predicted molar refractivity (Wildman–Crippen MR) is 255 cm³/mol. The molecule has 1 aliphatic carbocycles. The van der Waals surface area contributed by atoms with E-state index in [0.29, 0.717) is 0 Å². The lowest BCUT2D eigenvalue weighted by molar-refractivity contribution is 0.748. The van der Waals surface area contributed by atoms with Crippen LogP contribution in [0, 0.1) is 0 Å². The highest BCUT2D eigenvalue weighted by atomic mass is 15.1. The minimum absolute atomic E-state index is 0.559. The first-order valence-electron chi connectivity index (χ1n) is 21.2. The Kier molecular flexibility index (Phi) is 7.26. The van der Waals surface area contributed by atoms with Crippen LogP contribution < -0.4 is 4.90 Å². The summed E-state index contributed by atoms with van der Waals surface area (Å²) in [6, 6.07) is 85.5. The Morgan fingerprint density at radius 1 is 0.344 bits per heavy atom. The third kappa shape index (κ3) is 4.73. The maximum atomic E-state index is 2.52. The molecule has 2 heterocycles. The zero-order valence-electron chi connectivity index (χ0n) is 33.3. The number of anilines is 3. The van der Waals surface area contributed by atoms with Gasteiger partial charge in [0.25, 0.3) is 0 Å². The summed E-state index contributed by atoms with van der Waals surface area (Å²) in [7, 11) is 0. The highest BCUT2D eigenvalue weighted by molar-refractivity contribution is 6.13. The summed E-state index contributed by atoms with van der Waals surface area (Å²) in [6.45, 7) is 0. The summed E-state index contributed by atoms with van der Waals surface area (Å²) in [5.74, 6) is 0. The molecule has 0 fully saturated rings. The fourth-order valence-electron chi connectivity index (χ4n) is 10.9. The zero-order valence-corrected chi connectivity index (χ0v) is 33.3. The second-order valence-corrected chi connectivity index (χ2v) is 16.4. The summed E-state index contributed by atoms with van der Waals surface area (Å²) in [5.41, 5.74) is 19.1. The van der Waals surface area contributed by atoms with Crippen molar-refractivity contribution < 1.29 is 0 Å². The molecule has 0 bridgehead atoms. The lowest BCUT2D eigenvalue weighted by atomic mass is 9.65. The molecule has 2 nitrogen and oxygen atoms in total. The van der Waals surface area contributed by atoms with E-state index in [2.05, 4.69) is 240 Å². The molecule has 0 saturated carbocycles. The third-order valence-corrected chi connectivity index (χ3v) is 13.4. The number of nitrogens with zero attached hydrogens (tertiary/aromatic N) is 2. The Labute approximate surface area is 354 Å². The summed E-state index contributed by atoms with van der Waals surface area (Å²) in [5, 5.41) is 4.99. The van der Waals surface area contributed by atoms with Gasteiger partial charge in [0, 0.05) is 27.7 Å². The molecule has 0 saturated heterocycles. The van der Waals surface area contributed by atoms with Crippen molar-refractivity contribution in [1.82, 2.24) is 4.57 Å². The second kappa shape index (κ2) is 13.0. The van der Waals surface area contributed by atoms with Crippen LogP contribution in [-0.2, 0) is 5.41 Å². The highest BCUT2D eigenvalue weighted by Gasteiger charge is 2.51. The molecule has 1 aliphatic heterocycles. The molecule has 13 rings (SSSR count). The van der Waals surface area contributed by atoms with Gasteiger partial charge in [-0.3, -0.25) is 0 Å². The fraction of sp³-hybridized carbons (Fsp3) is 0.0169. The van der Waals surface area contributed by atoms with Crippen molar-refractivity contribution in [2.75, 3.05) is 4.90 Å². The van der Waals surface area contributed by atoms with Crippen LogP contribution in [0.1, 0.15) is 22.3 Å². The predicted octanol–water partition coefficient (Wildman–Crippen LogP) is 15.4. The minimum atomic E-state index is -0.559. The number of benzene rings is 10. The number of hydrogen-bond acceptors (Lipinski definition) is 1. The fourth-order valence-corrected chi connectivity index (χ4v) is 10.9. The maximum absolute atomic E-state index is 2.52. The Hall–Kier alpha value is -7.94. The van der Waals surface area contributed by atoms with Crippen molar-refractivity contribution in [3.8, 4) is 39.1 Å². The normalized spacial score (nSPS) is 14.6. The summed E-state index contributed by atoms with van der Waals surface area (Å²) in [6.07, 6.45) is 0. The molecular formula is C59H38N2. The van der Waals surface area contributed by atoms with Gasteiger partial charge in [-0.1, -0.05) is 188 Å². The van der Waals surface area contributed by atoms with Crippen molar-refractivity contribution in [3.63, 3.8) is 0 Å². The first-order valence-corrected chi connectivity index (χ1v) is 21.2. The van der Waals surface area contributed by atoms with Crippen molar-refractivity contribution >= 4 is 49.6 Å². The average molecular weight is 775 g/mol. The smallest absolute Gasteiger partial charge is 0.0755 e. The lowest BCUT2D eigenvalue weighted by Crippen LogP contribution is -2.33. The molecule has 1 atom stereocenters. The van der Waals surface area contributed by atoms with Crippen LogP contribution in [-0.4, -0.2) is 4.57 Å². The first-order chi connectivity index (χ1) is 30.3. The number of aromatic nitrogens is 1. The van der Waals surface area contributed by atoms with Crippen molar-refractivity contribution in [1.29, 1.82) is 0 Å². The van der Waals surface area contributed by atoms with E-state index >= 15 is 0 Å². The van der Waals surface area contributed by atoms with Crippen molar-refractivity contribution in [2.45, 2.75) is 5.41 Å². The van der Waals surface area contributed by atoms with Gasteiger partial charge in [-0.05, 0) is 103 Å². The summed E-state index contributed by atoms with van der Waals surface area (Å²) >= 11 is 0. The van der Waals surface area contributed by atoms with Crippen LogP contribution in [0.4, 0.5) is 17.1 Å². The van der Waals surface area contributed by atoms with Crippen LogP contribution in [0.5, 0.6) is 0 Å². The molecule has 1 spiro atoms. The van der Waals surface area contributed by atoms with Gasteiger partial charge < -0.3 is 9.47 Å². The average Bonchev–Trinajstić information content (AvgIpc) is 3.82. The molecule has 11 aromatic rings. The van der Waals surface area contributed by atoms with Crippen LogP contribution >= 0.6 is 0 Å². The molecule has 61 heavy (non-hydrogen) atoms. The molecule has 0 amide bonds. The number of hydrogen-bond donors (Lipinski definition) is 0. The summed E-state index contributed by atoms with van der Waals surface area (Å²) < 4.78 is 2.52. The van der Waals surface area contributed by atoms with Gasteiger partial charge in [-0.25, -0.2) is 0 Å². The van der Waals surface area contributed by atoms with Crippen LogP contribution in [0.3, 0.4) is 0 Å². The molecule has 10 aromatic carbocycles. The van der Waals surface area contributed by atoms with Gasteiger partial charge in [0.05, 0.1) is 27.8 Å². The van der Waals surface area contributed by atoms with E-state index < -0.39 is 5.41 Å². The lowest BCUT2D eigenvalue weighted by Gasteiger charge is -2.40.